The van der Waals surface area contributed by atoms with Crippen molar-refractivity contribution in [2.45, 2.75) is 25.8 Å². The van der Waals surface area contributed by atoms with Gasteiger partial charge in [0.05, 0.1) is 5.56 Å². The van der Waals surface area contributed by atoms with E-state index in [2.05, 4.69) is 10.6 Å². The number of hydrogen-bond donors (Lipinski definition) is 3. The zero-order chi connectivity index (χ0) is 13.1. The molecule has 0 spiro atoms. The Hall–Kier alpha value is -2.04. The standard InChI is InChI=1S/C13H16N2O3/c1-8-4-2-5-9(11(8)16)12(17)15-10-6-3-7-14-13(10)18/h2,4-5,10,16H,3,6-7H2,1H3,(H,14,18)(H,15,17). The number of hydrogen-bond acceptors (Lipinski definition) is 3. The van der Waals surface area contributed by atoms with E-state index in [0.717, 1.165) is 6.42 Å². The van der Waals surface area contributed by atoms with Gasteiger partial charge in [-0.3, -0.25) is 9.59 Å². The maximum atomic E-state index is 12.0. The van der Waals surface area contributed by atoms with Crippen LogP contribution in [0.25, 0.3) is 0 Å². The third-order valence-corrected chi connectivity index (χ3v) is 3.07. The van der Waals surface area contributed by atoms with E-state index in [1.807, 2.05) is 0 Å². The van der Waals surface area contributed by atoms with Gasteiger partial charge < -0.3 is 15.7 Å². The lowest BCUT2D eigenvalue weighted by atomic mass is 10.0. The molecule has 0 bridgehead atoms. The second-order valence-corrected chi connectivity index (χ2v) is 4.43. The van der Waals surface area contributed by atoms with Crippen molar-refractivity contribution in [3.63, 3.8) is 0 Å². The van der Waals surface area contributed by atoms with Crippen molar-refractivity contribution in [3.05, 3.63) is 29.3 Å². The van der Waals surface area contributed by atoms with E-state index < -0.39 is 11.9 Å². The first-order valence-corrected chi connectivity index (χ1v) is 5.97. The SMILES string of the molecule is Cc1cccc(C(=O)NC2CCCNC2=O)c1O. The number of carbonyl (C=O) groups excluding carboxylic acids is 2. The molecule has 1 saturated heterocycles. The Labute approximate surface area is 105 Å². The number of para-hydroxylation sites is 1. The van der Waals surface area contributed by atoms with Gasteiger partial charge in [0, 0.05) is 6.54 Å². The van der Waals surface area contributed by atoms with Crippen molar-refractivity contribution in [1.29, 1.82) is 0 Å². The second kappa shape index (κ2) is 5.08. The van der Waals surface area contributed by atoms with Gasteiger partial charge in [-0.15, -0.1) is 0 Å². The van der Waals surface area contributed by atoms with Gasteiger partial charge in [-0.2, -0.15) is 0 Å². The molecule has 1 aliphatic rings. The Morgan fingerprint density at radius 1 is 1.50 bits per heavy atom. The van der Waals surface area contributed by atoms with Crippen LogP contribution in [0.15, 0.2) is 18.2 Å². The number of phenols is 1. The van der Waals surface area contributed by atoms with E-state index in [4.69, 9.17) is 0 Å². The van der Waals surface area contributed by atoms with E-state index in [9.17, 15) is 14.7 Å². The zero-order valence-electron chi connectivity index (χ0n) is 10.2. The highest BCUT2D eigenvalue weighted by atomic mass is 16.3. The molecule has 2 amide bonds. The summed E-state index contributed by atoms with van der Waals surface area (Å²) in [6.07, 6.45) is 1.47. The molecule has 5 heteroatoms. The second-order valence-electron chi connectivity index (χ2n) is 4.43. The molecule has 3 N–H and O–H groups in total. The Bertz CT molecular complexity index is 485. The summed E-state index contributed by atoms with van der Waals surface area (Å²) in [6, 6.07) is 4.45. The van der Waals surface area contributed by atoms with Gasteiger partial charge in [0.25, 0.3) is 5.91 Å². The fourth-order valence-electron chi connectivity index (χ4n) is 1.99. The lowest BCUT2D eigenvalue weighted by Crippen LogP contribution is -2.50. The molecule has 1 aromatic carbocycles. The molecular weight excluding hydrogens is 232 g/mol. The summed E-state index contributed by atoms with van der Waals surface area (Å²) in [4.78, 5) is 23.5. The van der Waals surface area contributed by atoms with Gasteiger partial charge in [-0.05, 0) is 31.4 Å². The molecule has 1 atom stereocenters. The fourth-order valence-corrected chi connectivity index (χ4v) is 1.99. The number of phenolic OH excluding ortho intramolecular Hbond substituents is 1. The summed E-state index contributed by atoms with van der Waals surface area (Å²) >= 11 is 0. The average Bonchev–Trinajstić information content (AvgIpc) is 2.35. The lowest BCUT2D eigenvalue weighted by molar-refractivity contribution is -0.124. The first-order valence-electron chi connectivity index (χ1n) is 5.97. The molecule has 18 heavy (non-hydrogen) atoms. The highest BCUT2D eigenvalue weighted by Gasteiger charge is 2.25. The minimum atomic E-state index is -0.508. The van der Waals surface area contributed by atoms with Crippen molar-refractivity contribution in [2.75, 3.05) is 6.54 Å². The zero-order valence-corrected chi connectivity index (χ0v) is 10.2. The van der Waals surface area contributed by atoms with Crippen LogP contribution in [-0.4, -0.2) is 29.5 Å². The lowest BCUT2D eigenvalue weighted by Gasteiger charge is -2.23. The molecule has 1 aromatic rings. The predicted octanol–water partition coefficient (Wildman–Crippen LogP) is 0.709. The highest BCUT2D eigenvalue weighted by Crippen LogP contribution is 2.21. The molecule has 0 saturated carbocycles. The molecule has 1 fully saturated rings. The van der Waals surface area contributed by atoms with Crippen LogP contribution >= 0.6 is 0 Å². The van der Waals surface area contributed by atoms with Crippen LogP contribution in [0, 0.1) is 6.92 Å². The quantitative estimate of drug-likeness (QED) is 0.721. The van der Waals surface area contributed by atoms with Gasteiger partial charge in [-0.1, -0.05) is 12.1 Å². The third kappa shape index (κ3) is 2.45. The van der Waals surface area contributed by atoms with Crippen LogP contribution in [-0.2, 0) is 4.79 Å². The van der Waals surface area contributed by atoms with Gasteiger partial charge in [-0.25, -0.2) is 0 Å². The maximum absolute atomic E-state index is 12.0. The molecule has 5 nitrogen and oxygen atoms in total. The van der Waals surface area contributed by atoms with Gasteiger partial charge in [0.2, 0.25) is 5.91 Å². The summed E-state index contributed by atoms with van der Waals surface area (Å²) in [5, 5.41) is 15.1. The smallest absolute Gasteiger partial charge is 0.255 e. The topological polar surface area (TPSA) is 78.4 Å². The summed E-state index contributed by atoms with van der Waals surface area (Å²) in [5.41, 5.74) is 0.837. The van der Waals surface area contributed by atoms with Crippen LogP contribution in [0.2, 0.25) is 0 Å². The van der Waals surface area contributed by atoms with E-state index in [0.29, 0.717) is 18.5 Å². The van der Waals surface area contributed by atoms with Crippen LogP contribution in [0.3, 0.4) is 0 Å². The molecular formula is C13H16N2O3. The van der Waals surface area contributed by atoms with E-state index in [1.165, 1.54) is 0 Å². The van der Waals surface area contributed by atoms with Crippen LogP contribution in [0.4, 0.5) is 0 Å². The van der Waals surface area contributed by atoms with Gasteiger partial charge >= 0.3 is 0 Å². The largest absolute Gasteiger partial charge is 0.507 e. The van der Waals surface area contributed by atoms with Crippen molar-refractivity contribution < 1.29 is 14.7 Å². The number of rotatable bonds is 2. The van der Waals surface area contributed by atoms with Crippen LogP contribution in [0.1, 0.15) is 28.8 Å². The van der Waals surface area contributed by atoms with Crippen molar-refractivity contribution in [2.24, 2.45) is 0 Å². The predicted molar refractivity (Wildman–Crippen MR) is 66.3 cm³/mol. The summed E-state index contributed by atoms with van der Waals surface area (Å²) in [5.74, 6) is -0.619. The number of nitrogens with one attached hydrogen (secondary N) is 2. The Morgan fingerprint density at radius 2 is 2.28 bits per heavy atom. The number of piperidine rings is 1. The fraction of sp³-hybridized carbons (Fsp3) is 0.385. The number of aromatic hydroxyl groups is 1. The number of carbonyl (C=O) groups is 2. The molecule has 1 unspecified atom stereocenters. The molecule has 0 aliphatic carbocycles. The molecule has 1 aliphatic heterocycles. The monoisotopic (exact) mass is 248 g/mol. The maximum Gasteiger partial charge on any atom is 0.255 e. The molecule has 0 aromatic heterocycles. The molecule has 0 radical (unpaired) electrons. The molecule has 2 rings (SSSR count). The van der Waals surface area contributed by atoms with E-state index in [1.54, 1.807) is 25.1 Å². The third-order valence-electron chi connectivity index (χ3n) is 3.07. The minimum absolute atomic E-state index is 0.0359. The Kier molecular flexibility index (Phi) is 3.50. The molecule has 1 heterocycles. The van der Waals surface area contributed by atoms with Crippen LogP contribution in [0.5, 0.6) is 5.75 Å². The first kappa shape index (κ1) is 12.4. The summed E-state index contributed by atoms with van der Waals surface area (Å²) in [7, 11) is 0. The Balaban J connectivity index is 2.12. The number of aryl methyl sites for hydroxylation is 1. The van der Waals surface area contributed by atoms with Gasteiger partial charge in [0.1, 0.15) is 11.8 Å². The summed E-state index contributed by atoms with van der Waals surface area (Å²) in [6.45, 7) is 2.38. The number of amides is 2. The highest BCUT2D eigenvalue weighted by molar-refractivity contribution is 5.99. The normalized spacial score (nSPS) is 19.2. The Morgan fingerprint density at radius 3 is 3.00 bits per heavy atom. The van der Waals surface area contributed by atoms with Crippen molar-refractivity contribution >= 4 is 11.8 Å². The van der Waals surface area contributed by atoms with Crippen LogP contribution < -0.4 is 10.6 Å². The summed E-state index contributed by atoms with van der Waals surface area (Å²) < 4.78 is 0. The number of benzene rings is 1. The minimum Gasteiger partial charge on any atom is -0.507 e. The first-order chi connectivity index (χ1) is 8.59. The van der Waals surface area contributed by atoms with E-state index >= 15 is 0 Å². The van der Waals surface area contributed by atoms with Crippen molar-refractivity contribution in [3.8, 4) is 5.75 Å². The average molecular weight is 248 g/mol. The molecule has 96 valence electrons. The van der Waals surface area contributed by atoms with E-state index in [-0.39, 0.29) is 17.2 Å². The van der Waals surface area contributed by atoms with Gasteiger partial charge in [0.15, 0.2) is 0 Å². The van der Waals surface area contributed by atoms with Crippen molar-refractivity contribution in [1.82, 2.24) is 10.6 Å².